The highest BCUT2D eigenvalue weighted by molar-refractivity contribution is 7.19. The first-order valence-electron chi connectivity index (χ1n) is 7.58. The van der Waals surface area contributed by atoms with Crippen molar-refractivity contribution in [2.24, 2.45) is 0 Å². The molecule has 2 rings (SSSR count). The van der Waals surface area contributed by atoms with E-state index in [0.717, 1.165) is 15.0 Å². The summed E-state index contributed by atoms with van der Waals surface area (Å²) >= 11 is 1.56. The summed E-state index contributed by atoms with van der Waals surface area (Å²) in [7, 11) is 0. The van der Waals surface area contributed by atoms with Crippen LogP contribution in [0.3, 0.4) is 0 Å². The second-order valence-electron chi connectivity index (χ2n) is 4.86. The predicted octanol–water partition coefficient (Wildman–Crippen LogP) is 3.84. The Morgan fingerprint density at radius 2 is 1.78 bits per heavy atom. The summed E-state index contributed by atoms with van der Waals surface area (Å²) in [6.07, 6.45) is 2.35. The molecule has 0 saturated carbocycles. The largest absolute Gasteiger partial charge is 0.465 e. The minimum absolute atomic E-state index is 0.216. The van der Waals surface area contributed by atoms with Crippen LogP contribution in [0.4, 0.5) is 0 Å². The van der Waals surface area contributed by atoms with E-state index in [-0.39, 0.29) is 13.2 Å². The summed E-state index contributed by atoms with van der Waals surface area (Å²) in [6.45, 7) is 7.63. The van der Waals surface area contributed by atoms with E-state index in [2.05, 4.69) is 6.58 Å². The highest BCUT2D eigenvalue weighted by atomic mass is 32.1. The lowest BCUT2D eigenvalue weighted by molar-refractivity contribution is -0.156. The van der Waals surface area contributed by atoms with Gasteiger partial charge in [0.25, 0.3) is 0 Å². The maximum atomic E-state index is 12.4. The molecule has 0 spiro atoms. The molecule has 0 amide bonds. The zero-order valence-corrected chi connectivity index (χ0v) is 14.2. The van der Waals surface area contributed by atoms with Gasteiger partial charge in [-0.15, -0.1) is 17.9 Å². The van der Waals surface area contributed by atoms with Crippen LogP contribution < -0.4 is 0 Å². The third-order valence-corrected chi connectivity index (χ3v) is 4.58. The van der Waals surface area contributed by atoms with E-state index in [1.807, 2.05) is 24.3 Å². The first-order chi connectivity index (χ1) is 11.1. The van der Waals surface area contributed by atoms with E-state index in [0.29, 0.717) is 12.0 Å². The van der Waals surface area contributed by atoms with E-state index >= 15 is 0 Å². The molecule has 0 radical (unpaired) electrons. The number of rotatable bonds is 7. The molecule has 0 N–H and O–H groups in total. The average Bonchev–Trinajstić information content (AvgIpc) is 2.87. The minimum Gasteiger partial charge on any atom is -0.465 e. The molecule has 1 aromatic carbocycles. The van der Waals surface area contributed by atoms with E-state index in [4.69, 9.17) is 9.47 Å². The van der Waals surface area contributed by atoms with E-state index in [9.17, 15) is 9.59 Å². The lowest BCUT2D eigenvalue weighted by atomic mass is 9.95. The van der Waals surface area contributed by atoms with E-state index in [1.165, 1.54) is 0 Å². The Labute approximate surface area is 139 Å². The second kappa shape index (κ2) is 7.92. The van der Waals surface area contributed by atoms with Gasteiger partial charge in [-0.05, 0) is 37.3 Å². The Morgan fingerprint density at radius 1 is 1.17 bits per heavy atom. The van der Waals surface area contributed by atoms with Crippen LogP contribution >= 0.6 is 11.3 Å². The molecule has 0 fully saturated rings. The monoisotopic (exact) mass is 332 g/mol. The number of benzene rings is 1. The normalized spacial score (nSPS) is 10.7. The smallest absolute Gasteiger partial charge is 0.324 e. The van der Waals surface area contributed by atoms with Crippen LogP contribution in [0.25, 0.3) is 10.1 Å². The minimum atomic E-state index is -1.05. The van der Waals surface area contributed by atoms with Crippen molar-refractivity contribution in [2.75, 3.05) is 13.2 Å². The Hall–Kier alpha value is -2.14. The van der Waals surface area contributed by atoms with Crippen LogP contribution in [-0.2, 0) is 25.5 Å². The van der Waals surface area contributed by atoms with Crippen molar-refractivity contribution in [1.82, 2.24) is 0 Å². The van der Waals surface area contributed by atoms with Gasteiger partial charge in [0, 0.05) is 9.58 Å². The summed E-state index contributed by atoms with van der Waals surface area (Å²) in [6, 6.07) is 7.72. The highest BCUT2D eigenvalue weighted by Crippen LogP contribution is 2.38. The first-order valence-corrected chi connectivity index (χ1v) is 8.40. The molecule has 0 unspecified atom stereocenters. The van der Waals surface area contributed by atoms with Gasteiger partial charge >= 0.3 is 11.9 Å². The second-order valence-corrected chi connectivity index (χ2v) is 6.00. The van der Waals surface area contributed by atoms with Crippen molar-refractivity contribution in [3.63, 3.8) is 0 Å². The fourth-order valence-corrected chi connectivity index (χ4v) is 3.74. The average molecular weight is 332 g/mol. The number of ether oxygens (including phenoxy) is 2. The maximum absolute atomic E-state index is 12.4. The maximum Gasteiger partial charge on any atom is 0.324 e. The molecule has 122 valence electrons. The number of carbonyl (C=O) groups excluding carboxylic acids is 2. The van der Waals surface area contributed by atoms with Gasteiger partial charge in [-0.3, -0.25) is 9.59 Å². The van der Waals surface area contributed by atoms with Gasteiger partial charge in [-0.25, -0.2) is 0 Å². The van der Waals surface area contributed by atoms with Crippen LogP contribution in [0, 0.1) is 0 Å². The summed E-state index contributed by atoms with van der Waals surface area (Å²) in [5.41, 5.74) is 0.683. The molecule has 1 aromatic heterocycles. The third kappa shape index (κ3) is 3.62. The van der Waals surface area contributed by atoms with Crippen LogP contribution in [0.2, 0.25) is 0 Å². The Morgan fingerprint density at radius 3 is 2.35 bits per heavy atom. The van der Waals surface area contributed by atoms with Gasteiger partial charge < -0.3 is 9.47 Å². The number of thiophene rings is 1. The predicted molar refractivity (Wildman–Crippen MR) is 91.7 cm³/mol. The fourth-order valence-electron chi connectivity index (χ4n) is 2.50. The SMILES string of the molecule is C=CCc1sc2ccccc2c1C(C(=O)OCC)C(=O)OCC. The molecule has 23 heavy (non-hydrogen) atoms. The molecule has 2 aromatic rings. The molecule has 4 nitrogen and oxygen atoms in total. The molecule has 0 aliphatic rings. The molecule has 1 heterocycles. The topological polar surface area (TPSA) is 52.6 Å². The number of hydrogen-bond acceptors (Lipinski definition) is 5. The molecule has 0 atom stereocenters. The molecular weight excluding hydrogens is 312 g/mol. The quantitative estimate of drug-likeness (QED) is 0.439. The molecular formula is C18H20O4S. The lowest BCUT2D eigenvalue weighted by Crippen LogP contribution is -2.26. The lowest BCUT2D eigenvalue weighted by Gasteiger charge is -2.15. The molecule has 0 saturated heterocycles. The summed E-state index contributed by atoms with van der Waals surface area (Å²) in [5, 5.41) is 0.889. The standard InChI is InChI=1S/C18H20O4S/c1-4-9-14-15(12-10-7-8-11-13(12)23-14)16(17(19)21-5-2)18(20)22-6-3/h4,7-8,10-11,16H,1,5-6,9H2,2-3H3. The van der Waals surface area contributed by atoms with Crippen molar-refractivity contribution in [3.05, 3.63) is 47.4 Å². The third-order valence-electron chi connectivity index (χ3n) is 3.37. The molecule has 0 aliphatic carbocycles. The van der Waals surface area contributed by atoms with Crippen molar-refractivity contribution in [1.29, 1.82) is 0 Å². The molecule has 5 heteroatoms. The van der Waals surface area contributed by atoms with Crippen LogP contribution in [0.15, 0.2) is 36.9 Å². The fraction of sp³-hybridized carbons (Fsp3) is 0.333. The number of carbonyl (C=O) groups is 2. The molecule has 0 bridgehead atoms. The number of allylic oxidation sites excluding steroid dienone is 1. The number of fused-ring (bicyclic) bond motifs is 1. The Bertz CT molecular complexity index is 699. The summed E-state index contributed by atoms with van der Waals surface area (Å²) < 4.78 is 11.3. The van der Waals surface area contributed by atoms with Crippen molar-refractivity contribution in [3.8, 4) is 0 Å². The number of esters is 2. The van der Waals surface area contributed by atoms with Crippen LogP contribution in [0.5, 0.6) is 0 Å². The van der Waals surface area contributed by atoms with Gasteiger partial charge in [0.05, 0.1) is 13.2 Å². The highest BCUT2D eigenvalue weighted by Gasteiger charge is 2.35. The van der Waals surface area contributed by atoms with Gasteiger partial charge in [0.15, 0.2) is 5.92 Å². The summed E-state index contributed by atoms with van der Waals surface area (Å²) in [5.74, 6) is -2.19. The van der Waals surface area contributed by atoms with Gasteiger partial charge in [0.2, 0.25) is 0 Å². The molecule has 0 aliphatic heterocycles. The van der Waals surface area contributed by atoms with E-state index < -0.39 is 17.9 Å². The Balaban J connectivity index is 2.62. The van der Waals surface area contributed by atoms with Crippen LogP contribution in [-0.4, -0.2) is 25.2 Å². The first kappa shape index (κ1) is 17.2. The van der Waals surface area contributed by atoms with Crippen molar-refractivity contribution in [2.45, 2.75) is 26.2 Å². The van der Waals surface area contributed by atoms with E-state index in [1.54, 1.807) is 31.3 Å². The zero-order valence-electron chi connectivity index (χ0n) is 13.3. The van der Waals surface area contributed by atoms with Gasteiger partial charge in [-0.1, -0.05) is 24.3 Å². The van der Waals surface area contributed by atoms with Gasteiger partial charge in [0.1, 0.15) is 0 Å². The van der Waals surface area contributed by atoms with Crippen molar-refractivity contribution < 1.29 is 19.1 Å². The van der Waals surface area contributed by atoms with Gasteiger partial charge in [-0.2, -0.15) is 0 Å². The number of hydrogen-bond donors (Lipinski definition) is 0. The Kier molecular flexibility index (Phi) is 5.93. The zero-order chi connectivity index (χ0) is 16.8. The summed E-state index contributed by atoms with van der Waals surface area (Å²) in [4.78, 5) is 25.8. The van der Waals surface area contributed by atoms with Crippen LogP contribution in [0.1, 0.15) is 30.2 Å². The van der Waals surface area contributed by atoms with Crippen molar-refractivity contribution >= 4 is 33.4 Å².